The Labute approximate surface area is 126 Å². The molecule has 0 saturated heterocycles. The van der Waals surface area contributed by atoms with Gasteiger partial charge in [0.1, 0.15) is 6.54 Å². The molecule has 110 valence electrons. The molecule has 1 aliphatic rings. The summed E-state index contributed by atoms with van der Waals surface area (Å²) < 4.78 is 1.53. The molecule has 0 atom stereocenters. The van der Waals surface area contributed by atoms with Gasteiger partial charge in [0.25, 0.3) is 0 Å². The predicted molar refractivity (Wildman–Crippen MR) is 80.3 cm³/mol. The van der Waals surface area contributed by atoms with Gasteiger partial charge >= 0.3 is 0 Å². The van der Waals surface area contributed by atoms with Gasteiger partial charge < -0.3 is 10.0 Å². The zero-order chi connectivity index (χ0) is 14.7. The van der Waals surface area contributed by atoms with Crippen molar-refractivity contribution in [3.8, 4) is 0 Å². The third kappa shape index (κ3) is 3.08. The Hall–Kier alpha value is -1.86. The predicted octanol–water partition coefficient (Wildman–Crippen LogP) is 0.952. The smallest absolute Gasteiger partial charge is 0.248 e. The van der Waals surface area contributed by atoms with Crippen LogP contribution in [-0.2, 0) is 17.8 Å². The lowest BCUT2D eigenvalue weighted by molar-refractivity contribution is -0.119. The van der Waals surface area contributed by atoms with Gasteiger partial charge in [-0.1, -0.05) is 17.3 Å². The second-order valence-electron chi connectivity index (χ2n) is 4.74. The summed E-state index contributed by atoms with van der Waals surface area (Å²) in [6.45, 7) is 0.902. The average molecular weight is 304 g/mol. The number of anilines is 1. The molecule has 6 nitrogen and oxygen atoms in total. The van der Waals surface area contributed by atoms with E-state index in [2.05, 4.69) is 10.3 Å². The van der Waals surface area contributed by atoms with Gasteiger partial charge in [-0.05, 0) is 12.1 Å². The maximum atomic E-state index is 12.5. The lowest BCUT2D eigenvalue weighted by atomic mass is 10.2. The Bertz CT molecular complexity index is 643. The minimum absolute atomic E-state index is 0.00296. The first-order valence-electron chi connectivity index (χ1n) is 6.80. The highest BCUT2D eigenvalue weighted by Gasteiger charge is 2.22. The Balaban J connectivity index is 1.74. The number of aliphatic hydroxyl groups excluding tert-OH is 1. The van der Waals surface area contributed by atoms with Crippen LogP contribution in [0.5, 0.6) is 0 Å². The molecule has 0 bridgehead atoms. The molecule has 1 aliphatic heterocycles. The molecule has 2 heterocycles. The zero-order valence-corrected chi connectivity index (χ0v) is 12.3. The monoisotopic (exact) mass is 304 g/mol. The Morgan fingerprint density at radius 2 is 2.24 bits per heavy atom. The molecule has 7 heteroatoms. The summed E-state index contributed by atoms with van der Waals surface area (Å²) in [5.74, 6) is 0.902. The number of thioether (sulfide) groups is 1. The molecule has 0 fully saturated rings. The van der Waals surface area contributed by atoms with E-state index in [1.165, 1.54) is 4.68 Å². The second-order valence-corrected chi connectivity index (χ2v) is 5.88. The van der Waals surface area contributed by atoms with Crippen LogP contribution >= 0.6 is 11.8 Å². The van der Waals surface area contributed by atoms with Gasteiger partial charge in [-0.15, -0.1) is 16.9 Å². The van der Waals surface area contributed by atoms with Crippen molar-refractivity contribution in [3.05, 3.63) is 36.2 Å². The number of hydrogen-bond donors (Lipinski definition) is 1. The number of aliphatic hydroxyl groups is 1. The lowest BCUT2D eigenvalue weighted by Gasteiger charge is -2.28. The largest absolute Gasteiger partial charge is 0.396 e. The van der Waals surface area contributed by atoms with E-state index in [1.807, 2.05) is 24.3 Å². The number of para-hydroxylation sites is 1. The van der Waals surface area contributed by atoms with E-state index in [-0.39, 0.29) is 19.1 Å². The fourth-order valence-corrected chi connectivity index (χ4v) is 3.29. The molecule has 0 unspecified atom stereocenters. The number of hydrogen-bond acceptors (Lipinski definition) is 5. The molecule has 1 N–H and O–H groups in total. The summed E-state index contributed by atoms with van der Waals surface area (Å²) in [6.07, 6.45) is 2.16. The molecular formula is C14H16N4O2S. The third-order valence-corrected chi connectivity index (χ3v) is 4.32. The first-order chi connectivity index (χ1) is 10.3. The van der Waals surface area contributed by atoms with Crippen molar-refractivity contribution in [1.82, 2.24) is 15.0 Å². The van der Waals surface area contributed by atoms with Crippen LogP contribution in [0.15, 0.2) is 35.4 Å². The van der Waals surface area contributed by atoms with E-state index in [1.54, 1.807) is 22.9 Å². The topological polar surface area (TPSA) is 71.2 Å². The fraction of sp³-hybridized carbons (Fsp3) is 0.357. The first kappa shape index (κ1) is 14.1. The van der Waals surface area contributed by atoms with Crippen LogP contribution in [0, 0.1) is 0 Å². The Morgan fingerprint density at radius 3 is 3.10 bits per heavy atom. The number of benzene rings is 1. The Kier molecular flexibility index (Phi) is 4.21. The first-order valence-corrected chi connectivity index (χ1v) is 7.78. The number of amides is 1. The van der Waals surface area contributed by atoms with E-state index >= 15 is 0 Å². The molecule has 0 spiro atoms. The van der Waals surface area contributed by atoms with Gasteiger partial charge in [0.15, 0.2) is 0 Å². The summed E-state index contributed by atoms with van der Waals surface area (Å²) in [5, 5.41) is 16.7. The van der Waals surface area contributed by atoms with Crippen LogP contribution in [0.1, 0.15) is 5.69 Å². The quantitative estimate of drug-likeness (QED) is 0.910. The van der Waals surface area contributed by atoms with Crippen molar-refractivity contribution in [2.45, 2.75) is 17.9 Å². The average Bonchev–Trinajstić information content (AvgIpc) is 2.94. The molecule has 0 saturated carbocycles. The molecule has 1 amide bonds. The summed E-state index contributed by atoms with van der Waals surface area (Å²) in [7, 11) is 0. The summed E-state index contributed by atoms with van der Waals surface area (Å²) in [4.78, 5) is 15.4. The summed E-state index contributed by atoms with van der Waals surface area (Å²) in [6, 6.07) is 7.93. The number of rotatable bonds is 4. The molecule has 21 heavy (non-hydrogen) atoms. The lowest BCUT2D eigenvalue weighted by Crippen LogP contribution is -2.37. The maximum absolute atomic E-state index is 12.5. The van der Waals surface area contributed by atoms with Crippen molar-refractivity contribution in [3.63, 3.8) is 0 Å². The van der Waals surface area contributed by atoms with Gasteiger partial charge in [0, 0.05) is 36.4 Å². The van der Waals surface area contributed by atoms with Gasteiger partial charge in [-0.2, -0.15) is 0 Å². The molecular weight excluding hydrogens is 288 g/mol. The van der Waals surface area contributed by atoms with E-state index in [9.17, 15) is 4.79 Å². The number of carbonyl (C=O) groups excluding carboxylic acids is 1. The number of nitrogens with zero attached hydrogens (tertiary/aromatic N) is 4. The highest BCUT2D eigenvalue weighted by Crippen LogP contribution is 2.34. The second kappa shape index (κ2) is 6.28. The van der Waals surface area contributed by atoms with Crippen molar-refractivity contribution in [2.75, 3.05) is 23.8 Å². The number of carbonyl (C=O) groups is 1. The SMILES string of the molecule is O=C(Cn1cc(CCO)nn1)N1CCSc2ccccc21. The normalized spacial score (nSPS) is 14.0. The highest BCUT2D eigenvalue weighted by atomic mass is 32.2. The minimum atomic E-state index is 0.00296. The van der Waals surface area contributed by atoms with Gasteiger partial charge in [-0.3, -0.25) is 4.79 Å². The Morgan fingerprint density at radius 1 is 1.38 bits per heavy atom. The van der Waals surface area contributed by atoms with E-state index in [0.717, 1.165) is 16.3 Å². The summed E-state index contributed by atoms with van der Waals surface area (Å²) >= 11 is 1.77. The minimum Gasteiger partial charge on any atom is -0.396 e. The standard InChI is InChI=1S/C14H16N4O2S/c19-7-5-11-9-17(16-15-11)10-14(20)18-6-8-21-13-4-2-1-3-12(13)18/h1-4,9,19H,5-8,10H2. The van der Waals surface area contributed by atoms with Crippen LogP contribution < -0.4 is 4.90 Å². The van der Waals surface area contributed by atoms with E-state index in [0.29, 0.717) is 18.7 Å². The fourth-order valence-electron chi connectivity index (χ4n) is 2.30. The number of aromatic nitrogens is 3. The molecule has 0 radical (unpaired) electrons. The van der Waals surface area contributed by atoms with Gasteiger partial charge in [0.05, 0.1) is 11.4 Å². The van der Waals surface area contributed by atoms with Crippen LogP contribution in [0.4, 0.5) is 5.69 Å². The zero-order valence-electron chi connectivity index (χ0n) is 11.5. The van der Waals surface area contributed by atoms with E-state index < -0.39 is 0 Å². The van der Waals surface area contributed by atoms with Crippen molar-refractivity contribution < 1.29 is 9.90 Å². The molecule has 3 rings (SSSR count). The van der Waals surface area contributed by atoms with Crippen LogP contribution in [0.3, 0.4) is 0 Å². The summed E-state index contributed by atoms with van der Waals surface area (Å²) in [5.41, 5.74) is 1.66. The highest BCUT2D eigenvalue weighted by molar-refractivity contribution is 7.99. The third-order valence-electron chi connectivity index (χ3n) is 3.28. The van der Waals surface area contributed by atoms with Gasteiger partial charge in [0.2, 0.25) is 5.91 Å². The molecule has 1 aromatic heterocycles. The van der Waals surface area contributed by atoms with Crippen LogP contribution in [0.25, 0.3) is 0 Å². The van der Waals surface area contributed by atoms with Crippen molar-refractivity contribution in [1.29, 1.82) is 0 Å². The maximum Gasteiger partial charge on any atom is 0.248 e. The van der Waals surface area contributed by atoms with Gasteiger partial charge in [-0.25, -0.2) is 4.68 Å². The van der Waals surface area contributed by atoms with Crippen LogP contribution in [0.2, 0.25) is 0 Å². The van der Waals surface area contributed by atoms with Crippen molar-refractivity contribution in [2.24, 2.45) is 0 Å². The molecule has 2 aromatic rings. The molecule has 0 aliphatic carbocycles. The van der Waals surface area contributed by atoms with Crippen LogP contribution in [-0.4, -0.2) is 44.9 Å². The van der Waals surface area contributed by atoms with Crippen molar-refractivity contribution >= 4 is 23.4 Å². The van der Waals surface area contributed by atoms with E-state index in [4.69, 9.17) is 5.11 Å². The number of fused-ring (bicyclic) bond motifs is 1. The molecule has 1 aromatic carbocycles.